The van der Waals surface area contributed by atoms with E-state index in [0.29, 0.717) is 6.07 Å². The van der Waals surface area contributed by atoms with Crippen LogP contribution in [0.5, 0.6) is 0 Å². The van der Waals surface area contributed by atoms with Gasteiger partial charge in [-0.1, -0.05) is 6.07 Å². The summed E-state index contributed by atoms with van der Waals surface area (Å²) in [7, 11) is 0. The maximum absolute atomic E-state index is 13.3. The molecule has 2 nitrogen and oxygen atoms in total. The van der Waals surface area contributed by atoms with Gasteiger partial charge in [-0.05, 0) is 29.8 Å². The Bertz CT molecular complexity index is 615. The Hall–Kier alpha value is -2.37. The van der Waals surface area contributed by atoms with Gasteiger partial charge in [0.2, 0.25) is 0 Å². The lowest BCUT2D eigenvalue weighted by atomic mass is 10.2. The summed E-state index contributed by atoms with van der Waals surface area (Å²) in [5.41, 5.74) is -0.808. The van der Waals surface area contributed by atoms with E-state index in [1.807, 2.05) is 0 Å². The Morgan fingerprint density at radius 2 is 1.50 bits per heavy atom. The zero-order valence-corrected chi connectivity index (χ0v) is 10.00. The molecule has 0 spiro atoms. The summed E-state index contributed by atoms with van der Waals surface area (Å²) in [5, 5.41) is 0. The fourth-order valence-corrected chi connectivity index (χ4v) is 1.61. The first kappa shape index (κ1) is 14.0. The van der Waals surface area contributed by atoms with Crippen molar-refractivity contribution in [2.24, 2.45) is 0 Å². The Labute approximate surface area is 111 Å². The van der Waals surface area contributed by atoms with Crippen LogP contribution in [0.3, 0.4) is 0 Å². The molecule has 0 bridgehead atoms. The first-order valence-corrected chi connectivity index (χ1v) is 5.53. The van der Waals surface area contributed by atoms with E-state index in [4.69, 9.17) is 0 Å². The van der Waals surface area contributed by atoms with Crippen LogP contribution in [0, 0.1) is 23.3 Å². The zero-order valence-electron chi connectivity index (χ0n) is 10.00. The molecule has 0 heterocycles. The second-order valence-electron chi connectivity index (χ2n) is 3.95. The van der Waals surface area contributed by atoms with Gasteiger partial charge in [0.05, 0.1) is 0 Å². The molecule has 0 N–H and O–H groups in total. The summed E-state index contributed by atoms with van der Waals surface area (Å²) >= 11 is 0. The van der Waals surface area contributed by atoms with Gasteiger partial charge in [0, 0.05) is 6.07 Å². The third-order valence-corrected chi connectivity index (χ3v) is 2.46. The molecule has 0 atom stereocenters. The highest BCUT2D eigenvalue weighted by Crippen LogP contribution is 2.15. The lowest BCUT2D eigenvalue weighted by Crippen LogP contribution is -2.10. The second-order valence-corrected chi connectivity index (χ2v) is 3.95. The molecule has 0 aliphatic carbocycles. The molecule has 0 aromatic heterocycles. The van der Waals surface area contributed by atoms with Gasteiger partial charge in [0.1, 0.15) is 35.4 Å². The van der Waals surface area contributed by atoms with Gasteiger partial charge in [-0.25, -0.2) is 22.4 Å². The van der Waals surface area contributed by atoms with Gasteiger partial charge in [-0.3, -0.25) is 0 Å². The number of carbonyl (C=O) groups is 1. The van der Waals surface area contributed by atoms with Crippen molar-refractivity contribution in [1.29, 1.82) is 0 Å². The molecule has 0 aliphatic rings. The lowest BCUT2D eigenvalue weighted by Gasteiger charge is -2.07. The largest absolute Gasteiger partial charge is 0.457 e. The zero-order chi connectivity index (χ0) is 14.7. The van der Waals surface area contributed by atoms with Crippen molar-refractivity contribution < 1.29 is 27.1 Å². The Balaban J connectivity index is 2.13. The highest BCUT2D eigenvalue weighted by Gasteiger charge is 2.18. The molecule has 0 unspecified atom stereocenters. The maximum Gasteiger partial charge on any atom is 0.344 e. The van der Waals surface area contributed by atoms with E-state index in [0.717, 1.165) is 30.3 Å². The van der Waals surface area contributed by atoms with E-state index in [9.17, 15) is 22.4 Å². The van der Waals surface area contributed by atoms with Crippen molar-refractivity contribution in [2.75, 3.05) is 0 Å². The van der Waals surface area contributed by atoms with Gasteiger partial charge < -0.3 is 4.74 Å². The first-order chi connectivity index (χ1) is 9.47. The van der Waals surface area contributed by atoms with Crippen molar-refractivity contribution in [3.05, 3.63) is 70.8 Å². The first-order valence-electron chi connectivity index (χ1n) is 5.53. The van der Waals surface area contributed by atoms with Crippen molar-refractivity contribution in [3.8, 4) is 0 Å². The van der Waals surface area contributed by atoms with Crippen LogP contribution >= 0.6 is 0 Å². The molecule has 0 saturated heterocycles. The summed E-state index contributed by atoms with van der Waals surface area (Å²) in [5.74, 6) is -5.06. The van der Waals surface area contributed by atoms with Crippen molar-refractivity contribution in [1.82, 2.24) is 0 Å². The van der Waals surface area contributed by atoms with Crippen molar-refractivity contribution in [3.63, 3.8) is 0 Å². The third-order valence-electron chi connectivity index (χ3n) is 2.46. The summed E-state index contributed by atoms with van der Waals surface area (Å²) in [4.78, 5) is 11.5. The molecular formula is C14H8F4O2. The second kappa shape index (κ2) is 5.73. The third kappa shape index (κ3) is 3.14. The van der Waals surface area contributed by atoms with E-state index < -0.39 is 41.4 Å². The number of hydrogen-bond donors (Lipinski definition) is 0. The highest BCUT2D eigenvalue weighted by atomic mass is 19.1. The Kier molecular flexibility index (Phi) is 4.02. The van der Waals surface area contributed by atoms with E-state index in [2.05, 4.69) is 4.74 Å². The van der Waals surface area contributed by atoms with Crippen LogP contribution in [0.2, 0.25) is 0 Å². The van der Waals surface area contributed by atoms with Gasteiger partial charge in [-0.15, -0.1) is 0 Å². The molecule has 20 heavy (non-hydrogen) atoms. The SMILES string of the molecule is O=C(OCc1cc(F)cc(F)c1)c1c(F)cccc1F. The van der Waals surface area contributed by atoms with Crippen LogP contribution in [0.4, 0.5) is 17.6 Å². The van der Waals surface area contributed by atoms with Crippen LogP contribution in [0.25, 0.3) is 0 Å². The molecule has 0 aliphatic heterocycles. The summed E-state index contributed by atoms with van der Waals surface area (Å²) in [6.07, 6.45) is 0. The monoisotopic (exact) mass is 284 g/mol. The van der Waals surface area contributed by atoms with Gasteiger partial charge in [0.25, 0.3) is 0 Å². The normalized spacial score (nSPS) is 10.4. The number of halogens is 4. The van der Waals surface area contributed by atoms with E-state index >= 15 is 0 Å². The summed E-state index contributed by atoms with van der Waals surface area (Å²) < 4.78 is 57.0. The van der Waals surface area contributed by atoms with E-state index in [1.54, 1.807) is 0 Å². The quantitative estimate of drug-likeness (QED) is 0.636. The molecular weight excluding hydrogens is 276 g/mol. The summed E-state index contributed by atoms with van der Waals surface area (Å²) in [6.45, 7) is -0.499. The van der Waals surface area contributed by atoms with Crippen LogP contribution < -0.4 is 0 Å². The predicted molar refractivity (Wildman–Crippen MR) is 61.8 cm³/mol. The average molecular weight is 284 g/mol. The van der Waals surface area contributed by atoms with Gasteiger partial charge in [-0.2, -0.15) is 0 Å². The van der Waals surface area contributed by atoms with Crippen LogP contribution in [0.1, 0.15) is 15.9 Å². The predicted octanol–water partition coefficient (Wildman–Crippen LogP) is 3.60. The summed E-state index contributed by atoms with van der Waals surface area (Å²) in [6, 6.07) is 5.47. The number of esters is 1. The molecule has 6 heteroatoms. The Morgan fingerprint density at radius 1 is 0.950 bits per heavy atom. The van der Waals surface area contributed by atoms with Gasteiger partial charge in [0.15, 0.2) is 0 Å². The van der Waals surface area contributed by atoms with Crippen molar-refractivity contribution >= 4 is 5.97 Å². The minimum absolute atomic E-state index is 0.0348. The number of ether oxygens (including phenoxy) is 1. The van der Waals surface area contributed by atoms with E-state index in [-0.39, 0.29) is 5.56 Å². The minimum Gasteiger partial charge on any atom is -0.457 e. The molecule has 0 amide bonds. The smallest absolute Gasteiger partial charge is 0.344 e. The highest BCUT2D eigenvalue weighted by molar-refractivity contribution is 5.89. The number of rotatable bonds is 3. The van der Waals surface area contributed by atoms with Crippen LogP contribution in [0.15, 0.2) is 36.4 Å². The van der Waals surface area contributed by atoms with E-state index in [1.165, 1.54) is 0 Å². The number of benzene rings is 2. The fraction of sp³-hybridized carbons (Fsp3) is 0.0714. The lowest BCUT2D eigenvalue weighted by molar-refractivity contribution is 0.0460. The topological polar surface area (TPSA) is 26.3 Å². The number of carbonyl (C=O) groups excluding carboxylic acids is 1. The molecule has 104 valence electrons. The maximum atomic E-state index is 13.3. The van der Waals surface area contributed by atoms with Crippen LogP contribution in [-0.2, 0) is 11.3 Å². The number of hydrogen-bond acceptors (Lipinski definition) is 2. The molecule has 2 aromatic rings. The fourth-order valence-electron chi connectivity index (χ4n) is 1.61. The minimum atomic E-state index is -1.25. The Morgan fingerprint density at radius 3 is 2.05 bits per heavy atom. The molecule has 0 fully saturated rings. The molecule has 2 aromatic carbocycles. The standard InChI is InChI=1S/C14H8F4O2/c15-9-4-8(5-10(16)6-9)7-20-14(19)13-11(17)2-1-3-12(13)18/h1-6H,7H2. The van der Waals surface area contributed by atoms with Gasteiger partial charge >= 0.3 is 5.97 Å². The molecule has 0 radical (unpaired) electrons. The molecule has 2 rings (SSSR count). The van der Waals surface area contributed by atoms with Crippen LogP contribution in [-0.4, -0.2) is 5.97 Å². The molecule has 0 saturated carbocycles. The average Bonchev–Trinajstić information content (AvgIpc) is 2.35. The van der Waals surface area contributed by atoms with Crippen molar-refractivity contribution in [2.45, 2.75) is 6.61 Å².